The Labute approximate surface area is 122 Å². The average Bonchev–Trinajstić information content (AvgIpc) is 2.38. The van der Waals surface area contributed by atoms with E-state index < -0.39 is 0 Å². The molecule has 19 heavy (non-hydrogen) atoms. The van der Waals surface area contributed by atoms with Crippen LogP contribution < -0.4 is 11.1 Å². The van der Waals surface area contributed by atoms with Gasteiger partial charge >= 0.3 is 0 Å². The standard InChI is InChI=1S/C7H14N2OS.C7H14O/c1-4(2)5(3)6(10)9-7(8)11;8-6-7-4-2-1-3-5-7/h4-5H,1-3H3,(H3,8,9,10,11);7-8H,1-6H2. The summed E-state index contributed by atoms with van der Waals surface area (Å²) in [5.74, 6) is 0.803. The minimum absolute atomic E-state index is 0.0440. The smallest absolute Gasteiger partial charge is 0.229 e. The van der Waals surface area contributed by atoms with Crippen LogP contribution in [0.4, 0.5) is 0 Å². The Morgan fingerprint density at radius 1 is 1.32 bits per heavy atom. The van der Waals surface area contributed by atoms with Crippen LogP contribution in [0.3, 0.4) is 0 Å². The van der Waals surface area contributed by atoms with Gasteiger partial charge in [0.05, 0.1) is 0 Å². The van der Waals surface area contributed by atoms with Gasteiger partial charge in [0, 0.05) is 12.5 Å². The van der Waals surface area contributed by atoms with Crippen LogP contribution in [0.25, 0.3) is 0 Å². The van der Waals surface area contributed by atoms with E-state index in [4.69, 9.17) is 10.8 Å². The number of amides is 1. The van der Waals surface area contributed by atoms with Crippen LogP contribution in [0.5, 0.6) is 0 Å². The first kappa shape index (κ1) is 18.3. The lowest BCUT2D eigenvalue weighted by Crippen LogP contribution is -2.39. The Hall–Kier alpha value is -0.680. The Bertz CT molecular complexity index is 277. The van der Waals surface area contributed by atoms with Crippen LogP contribution in [0.1, 0.15) is 52.9 Å². The number of carbonyl (C=O) groups is 1. The third-order valence-corrected chi connectivity index (χ3v) is 3.74. The summed E-state index contributed by atoms with van der Waals surface area (Å²) in [5.41, 5.74) is 5.13. The first-order valence-corrected chi connectivity index (χ1v) is 7.50. The Balaban J connectivity index is 0.000000356. The van der Waals surface area contributed by atoms with Crippen LogP contribution in [0.2, 0.25) is 0 Å². The third-order valence-electron chi connectivity index (χ3n) is 3.64. The Morgan fingerprint density at radius 2 is 1.84 bits per heavy atom. The molecule has 5 heteroatoms. The first-order valence-electron chi connectivity index (χ1n) is 7.09. The number of hydrogen-bond acceptors (Lipinski definition) is 3. The van der Waals surface area contributed by atoms with E-state index in [1.807, 2.05) is 20.8 Å². The van der Waals surface area contributed by atoms with Crippen LogP contribution in [0.15, 0.2) is 0 Å². The largest absolute Gasteiger partial charge is 0.396 e. The molecule has 0 aliphatic heterocycles. The SMILES string of the molecule is CC(C)C(C)C(=O)NC(N)=S.OCC1CCCCC1. The molecular weight excluding hydrogens is 260 g/mol. The van der Waals surface area contributed by atoms with Gasteiger partial charge in [-0.05, 0) is 36.9 Å². The number of aliphatic hydroxyl groups excluding tert-OH is 1. The van der Waals surface area contributed by atoms with Gasteiger partial charge in [-0.1, -0.05) is 40.0 Å². The number of nitrogens with one attached hydrogen (secondary N) is 1. The number of aliphatic hydroxyl groups is 1. The normalized spacial score (nSPS) is 17.3. The highest BCUT2D eigenvalue weighted by atomic mass is 32.1. The van der Waals surface area contributed by atoms with E-state index in [9.17, 15) is 4.79 Å². The van der Waals surface area contributed by atoms with E-state index in [0.29, 0.717) is 18.4 Å². The van der Waals surface area contributed by atoms with Crippen LogP contribution >= 0.6 is 12.2 Å². The second kappa shape index (κ2) is 10.1. The van der Waals surface area contributed by atoms with E-state index in [1.165, 1.54) is 32.1 Å². The van der Waals surface area contributed by atoms with Crippen LogP contribution in [-0.2, 0) is 4.79 Å². The van der Waals surface area contributed by atoms with Crippen molar-refractivity contribution in [2.75, 3.05) is 6.61 Å². The molecule has 0 heterocycles. The van der Waals surface area contributed by atoms with Crippen LogP contribution in [-0.4, -0.2) is 22.7 Å². The quantitative estimate of drug-likeness (QED) is 0.696. The Kier molecular flexibility index (Phi) is 9.79. The lowest BCUT2D eigenvalue weighted by Gasteiger charge is -2.18. The van der Waals surface area contributed by atoms with Crippen molar-refractivity contribution in [1.82, 2.24) is 5.32 Å². The number of carbonyl (C=O) groups excluding carboxylic acids is 1. The first-order chi connectivity index (χ1) is 8.88. The van der Waals surface area contributed by atoms with Gasteiger partial charge in [0.15, 0.2) is 5.11 Å². The van der Waals surface area contributed by atoms with Crippen molar-refractivity contribution in [2.24, 2.45) is 23.5 Å². The predicted octanol–water partition coefficient (Wildman–Crippen LogP) is 2.20. The molecular formula is C14H28N2O2S. The molecule has 1 aliphatic rings. The fraction of sp³-hybridized carbons (Fsp3) is 0.857. The number of rotatable bonds is 3. The molecule has 1 saturated carbocycles. The molecule has 0 spiro atoms. The number of hydrogen-bond donors (Lipinski definition) is 3. The molecule has 112 valence electrons. The van der Waals surface area contributed by atoms with Gasteiger partial charge in [-0.2, -0.15) is 0 Å². The van der Waals surface area contributed by atoms with Crippen molar-refractivity contribution in [3.05, 3.63) is 0 Å². The monoisotopic (exact) mass is 288 g/mol. The lowest BCUT2D eigenvalue weighted by atomic mass is 9.90. The second-order valence-electron chi connectivity index (χ2n) is 5.57. The molecule has 1 aliphatic carbocycles. The van der Waals surface area contributed by atoms with Crippen molar-refractivity contribution in [2.45, 2.75) is 52.9 Å². The minimum Gasteiger partial charge on any atom is -0.396 e. The molecule has 4 N–H and O–H groups in total. The van der Waals surface area contributed by atoms with E-state index in [-0.39, 0.29) is 16.9 Å². The number of nitrogens with two attached hydrogens (primary N) is 1. The molecule has 0 aromatic rings. The average molecular weight is 288 g/mol. The maximum atomic E-state index is 11.1. The molecule has 1 atom stereocenters. The highest BCUT2D eigenvalue weighted by Crippen LogP contribution is 2.22. The van der Waals surface area contributed by atoms with Gasteiger partial charge in [-0.25, -0.2) is 0 Å². The molecule has 1 unspecified atom stereocenters. The third kappa shape index (κ3) is 8.94. The molecule has 4 nitrogen and oxygen atoms in total. The van der Waals surface area contributed by atoms with E-state index >= 15 is 0 Å². The highest BCUT2D eigenvalue weighted by molar-refractivity contribution is 7.80. The van der Waals surface area contributed by atoms with Gasteiger partial charge < -0.3 is 16.2 Å². The molecule has 0 aromatic heterocycles. The summed E-state index contributed by atoms with van der Waals surface area (Å²) in [4.78, 5) is 11.1. The van der Waals surface area contributed by atoms with E-state index in [1.54, 1.807) is 0 Å². The zero-order chi connectivity index (χ0) is 14.8. The topological polar surface area (TPSA) is 75.4 Å². The van der Waals surface area contributed by atoms with Crippen molar-refractivity contribution >= 4 is 23.2 Å². The van der Waals surface area contributed by atoms with Crippen molar-refractivity contribution in [3.63, 3.8) is 0 Å². The number of thiocarbonyl (C=S) groups is 1. The van der Waals surface area contributed by atoms with Crippen molar-refractivity contribution in [1.29, 1.82) is 0 Å². The predicted molar refractivity (Wildman–Crippen MR) is 82.6 cm³/mol. The zero-order valence-electron chi connectivity index (χ0n) is 12.3. The van der Waals surface area contributed by atoms with Gasteiger partial charge in [0.25, 0.3) is 0 Å². The van der Waals surface area contributed by atoms with Gasteiger partial charge in [-0.3, -0.25) is 4.79 Å². The van der Waals surface area contributed by atoms with Crippen molar-refractivity contribution < 1.29 is 9.90 Å². The summed E-state index contributed by atoms with van der Waals surface area (Å²) >= 11 is 4.52. The van der Waals surface area contributed by atoms with Gasteiger partial charge in [0.1, 0.15) is 0 Å². The minimum atomic E-state index is -0.104. The maximum Gasteiger partial charge on any atom is 0.229 e. The zero-order valence-corrected chi connectivity index (χ0v) is 13.1. The van der Waals surface area contributed by atoms with Crippen molar-refractivity contribution in [3.8, 4) is 0 Å². The molecule has 0 saturated heterocycles. The molecule has 0 bridgehead atoms. The fourth-order valence-electron chi connectivity index (χ4n) is 1.91. The summed E-state index contributed by atoms with van der Waals surface area (Å²) in [6.07, 6.45) is 6.58. The van der Waals surface area contributed by atoms with E-state index in [0.717, 1.165) is 0 Å². The fourth-order valence-corrected chi connectivity index (χ4v) is 2.01. The van der Waals surface area contributed by atoms with Crippen LogP contribution in [0, 0.1) is 17.8 Å². The van der Waals surface area contributed by atoms with Gasteiger partial charge in [-0.15, -0.1) is 0 Å². The van der Waals surface area contributed by atoms with E-state index in [2.05, 4.69) is 17.5 Å². The maximum absolute atomic E-state index is 11.1. The molecule has 0 aromatic carbocycles. The Morgan fingerprint density at radius 3 is 2.16 bits per heavy atom. The van der Waals surface area contributed by atoms with Gasteiger partial charge in [0.2, 0.25) is 5.91 Å². The summed E-state index contributed by atoms with van der Waals surface area (Å²) < 4.78 is 0. The summed E-state index contributed by atoms with van der Waals surface area (Å²) in [5, 5.41) is 11.1. The highest BCUT2D eigenvalue weighted by Gasteiger charge is 2.16. The summed E-state index contributed by atoms with van der Waals surface area (Å²) in [6.45, 7) is 6.21. The molecule has 1 fully saturated rings. The second-order valence-corrected chi connectivity index (χ2v) is 6.01. The lowest BCUT2D eigenvalue weighted by molar-refractivity contribution is -0.124. The summed E-state index contributed by atoms with van der Waals surface area (Å²) in [6, 6.07) is 0. The molecule has 1 rings (SSSR count). The molecule has 1 amide bonds. The summed E-state index contributed by atoms with van der Waals surface area (Å²) in [7, 11) is 0. The molecule has 0 radical (unpaired) electrons.